The van der Waals surface area contributed by atoms with Gasteiger partial charge in [-0.2, -0.15) is 0 Å². The van der Waals surface area contributed by atoms with Gasteiger partial charge in [-0.3, -0.25) is 14.4 Å². The molecule has 1 N–H and O–H groups in total. The number of hydrogen-bond donors (Lipinski definition) is 1. The molecule has 8 nitrogen and oxygen atoms in total. The van der Waals surface area contributed by atoms with Crippen LogP contribution in [-0.2, 0) is 9.53 Å². The Hall–Kier alpha value is -3.39. The van der Waals surface area contributed by atoms with E-state index in [0.29, 0.717) is 69.3 Å². The van der Waals surface area contributed by atoms with Gasteiger partial charge in [-0.15, -0.1) is 0 Å². The van der Waals surface area contributed by atoms with Crippen molar-refractivity contribution >= 4 is 29.1 Å². The molecule has 2 aromatic rings. The van der Waals surface area contributed by atoms with Gasteiger partial charge < -0.3 is 24.8 Å². The lowest BCUT2D eigenvalue weighted by Gasteiger charge is -2.38. The summed E-state index contributed by atoms with van der Waals surface area (Å²) in [6.07, 6.45) is 4.31. The molecule has 2 aromatic carbocycles. The molecule has 0 bridgehead atoms. The van der Waals surface area contributed by atoms with Gasteiger partial charge in [0.2, 0.25) is 5.91 Å². The number of amides is 3. The summed E-state index contributed by atoms with van der Waals surface area (Å²) in [5, 5.41) is 2.93. The van der Waals surface area contributed by atoms with E-state index in [1.807, 2.05) is 40.1 Å². The van der Waals surface area contributed by atoms with Gasteiger partial charge in [0.25, 0.3) is 11.8 Å². The third-order valence-electron chi connectivity index (χ3n) is 7.46. The number of hydrogen-bond acceptors (Lipinski definition) is 5. The van der Waals surface area contributed by atoms with Crippen LogP contribution in [0.3, 0.4) is 0 Å². The van der Waals surface area contributed by atoms with Gasteiger partial charge in [0.15, 0.2) is 0 Å². The minimum Gasteiger partial charge on any atom is -0.378 e. The summed E-state index contributed by atoms with van der Waals surface area (Å²) in [6, 6.07) is 14.6. The Balaban J connectivity index is 1.34. The van der Waals surface area contributed by atoms with Crippen molar-refractivity contribution in [3.8, 4) is 0 Å². The molecule has 0 unspecified atom stereocenters. The van der Waals surface area contributed by atoms with E-state index in [1.165, 1.54) is 0 Å². The second-order valence-electron chi connectivity index (χ2n) is 9.75. The van der Waals surface area contributed by atoms with Crippen molar-refractivity contribution in [3.05, 3.63) is 59.7 Å². The van der Waals surface area contributed by atoms with Crippen LogP contribution >= 0.6 is 0 Å². The standard InChI is InChI=1S/C28H34N4O4/c33-26(21-6-2-1-3-7-21)29-23-10-11-25(24(20-23)28(35)32-16-18-36-19-17-32)30-12-14-31(15-13-30)27(34)22-8-4-5-9-22/h1-3,6-7,10-11,20,22H,4-5,8-9,12-19H2,(H,29,33). The molecule has 5 rings (SSSR count). The van der Waals surface area contributed by atoms with E-state index < -0.39 is 0 Å². The van der Waals surface area contributed by atoms with E-state index in [-0.39, 0.29) is 23.6 Å². The summed E-state index contributed by atoms with van der Waals surface area (Å²) in [4.78, 5) is 45.2. The molecule has 3 aliphatic rings. The van der Waals surface area contributed by atoms with Crippen LogP contribution in [0.15, 0.2) is 48.5 Å². The number of piperazine rings is 1. The second-order valence-corrected chi connectivity index (χ2v) is 9.75. The number of nitrogens with zero attached hydrogens (tertiary/aromatic N) is 3. The lowest BCUT2D eigenvalue weighted by molar-refractivity contribution is -0.135. The molecule has 0 radical (unpaired) electrons. The Morgan fingerprint density at radius 1 is 0.806 bits per heavy atom. The number of ether oxygens (including phenoxy) is 1. The molecule has 36 heavy (non-hydrogen) atoms. The van der Waals surface area contributed by atoms with Crippen LogP contribution in [0.25, 0.3) is 0 Å². The normalized spacial score (nSPS) is 18.8. The fourth-order valence-corrected chi connectivity index (χ4v) is 5.39. The Labute approximate surface area is 212 Å². The van der Waals surface area contributed by atoms with Crippen molar-refractivity contribution in [2.45, 2.75) is 25.7 Å². The molecule has 0 spiro atoms. The van der Waals surface area contributed by atoms with Crippen LogP contribution in [0.5, 0.6) is 0 Å². The zero-order valence-electron chi connectivity index (χ0n) is 20.7. The van der Waals surface area contributed by atoms with Gasteiger partial charge in [0.1, 0.15) is 0 Å². The monoisotopic (exact) mass is 490 g/mol. The number of carbonyl (C=O) groups excluding carboxylic acids is 3. The lowest BCUT2D eigenvalue weighted by atomic mass is 10.0. The number of nitrogens with one attached hydrogen (secondary N) is 1. The number of anilines is 2. The van der Waals surface area contributed by atoms with E-state index in [4.69, 9.17) is 4.74 Å². The molecule has 0 atom stereocenters. The zero-order valence-corrected chi connectivity index (χ0v) is 20.7. The average Bonchev–Trinajstić information content (AvgIpc) is 3.48. The van der Waals surface area contributed by atoms with Crippen LogP contribution in [0.1, 0.15) is 46.4 Å². The predicted molar refractivity (Wildman–Crippen MR) is 138 cm³/mol. The molecule has 190 valence electrons. The smallest absolute Gasteiger partial charge is 0.256 e. The van der Waals surface area contributed by atoms with Crippen LogP contribution in [-0.4, -0.2) is 80.0 Å². The quantitative estimate of drug-likeness (QED) is 0.696. The third kappa shape index (κ3) is 5.38. The fraction of sp³-hybridized carbons (Fsp3) is 0.464. The summed E-state index contributed by atoms with van der Waals surface area (Å²) in [5.74, 6) is 0.194. The van der Waals surface area contributed by atoms with Gasteiger partial charge >= 0.3 is 0 Å². The Kier molecular flexibility index (Phi) is 7.51. The summed E-state index contributed by atoms with van der Waals surface area (Å²) < 4.78 is 5.44. The summed E-state index contributed by atoms with van der Waals surface area (Å²) >= 11 is 0. The molecule has 2 heterocycles. The van der Waals surface area contributed by atoms with E-state index in [0.717, 1.165) is 31.4 Å². The third-order valence-corrected chi connectivity index (χ3v) is 7.46. The van der Waals surface area contributed by atoms with Gasteiger partial charge in [-0.05, 0) is 43.2 Å². The highest BCUT2D eigenvalue weighted by atomic mass is 16.5. The largest absolute Gasteiger partial charge is 0.378 e. The molecule has 8 heteroatoms. The van der Waals surface area contributed by atoms with Crippen molar-refractivity contribution in [1.29, 1.82) is 0 Å². The fourth-order valence-electron chi connectivity index (χ4n) is 5.39. The second kappa shape index (κ2) is 11.1. The maximum Gasteiger partial charge on any atom is 0.256 e. The van der Waals surface area contributed by atoms with Gasteiger partial charge in [0, 0.05) is 62.1 Å². The summed E-state index contributed by atoms with van der Waals surface area (Å²) in [6.45, 7) is 4.81. The molecular weight excluding hydrogens is 456 g/mol. The highest BCUT2D eigenvalue weighted by molar-refractivity contribution is 6.06. The Morgan fingerprint density at radius 2 is 1.50 bits per heavy atom. The van der Waals surface area contributed by atoms with Crippen LogP contribution in [0, 0.1) is 5.92 Å². The first-order valence-corrected chi connectivity index (χ1v) is 13.0. The first-order chi connectivity index (χ1) is 17.6. The SMILES string of the molecule is O=C(Nc1ccc(N2CCN(C(=O)C3CCCC3)CC2)c(C(=O)N2CCOCC2)c1)c1ccccc1. The maximum absolute atomic E-state index is 13.6. The first-order valence-electron chi connectivity index (χ1n) is 13.0. The zero-order chi connectivity index (χ0) is 24.9. The molecule has 3 amide bonds. The lowest BCUT2D eigenvalue weighted by Crippen LogP contribution is -2.50. The van der Waals surface area contributed by atoms with Crippen molar-refractivity contribution in [3.63, 3.8) is 0 Å². The van der Waals surface area contributed by atoms with Crippen LogP contribution < -0.4 is 10.2 Å². The van der Waals surface area contributed by atoms with Gasteiger partial charge in [0.05, 0.1) is 18.8 Å². The van der Waals surface area contributed by atoms with E-state index in [1.54, 1.807) is 18.2 Å². The van der Waals surface area contributed by atoms with Gasteiger partial charge in [-0.25, -0.2) is 0 Å². The molecule has 0 aromatic heterocycles. The molecule has 1 saturated carbocycles. The highest BCUT2D eigenvalue weighted by Gasteiger charge is 2.31. The van der Waals surface area contributed by atoms with Crippen molar-refractivity contribution in [1.82, 2.24) is 9.80 Å². The van der Waals surface area contributed by atoms with Crippen molar-refractivity contribution in [2.75, 3.05) is 62.7 Å². The number of benzene rings is 2. The topological polar surface area (TPSA) is 82.2 Å². The predicted octanol–water partition coefficient (Wildman–Crippen LogP) is 3.25. The van der Waals surface area contributed by atoms with E-state index >= 15 is 0 Å². The molecular formula is C28H34N4O4. The average molecular weight is 491 g/mol. The van der Waals surface area contributed by atoms with Gasteiger partial charge in [-0.1, -0.05) is 31.0 Å². The highest BCUT2D eigenvalue weighted by Crippen LogP contribution is 2.30. The summed E-state index contributed by atoms with van der Waals surface area (Å²) in [7, 11) is 0. The number of rotatable bonds is 5. The molecule has 2 aliphatic heterocycles. The first kappa shape index (κ1) is 24.3. The van der Waals surface area contributed by atoms with Crippen molar-refractivity contribution < 1.29 is 19.1 Å². The van der Waals surface area contributed by atoms with Crippen LogP contribution in [0.2, 0.25) is 0 Å². The molecule has 2 saturated heterocycles. The maximum atomic E-state index is 13.6. The Bertz CT molecular complexity index is 1090. The minimum atomic E-state index is -0.216. The molecule has 1 aliphatic carbocycles. The van der Waals surface area contributed by atoms with E-state index in [9.17, 15) is 14.4 Å². The van der Waals surface area contributed by atoms with Crippen LogP contribution in [0.4, 0.5) is 11.4 Å². The van der Waals surface area contributed by atoms with Crippen molar-refractivity contribution in [2.24, 2.45) is 5.92 Å². The minimum absolute atomic E-state index is 0.0615. The summed E-state index contributed by atoms with van der Waals surface area (Å²) in [5.41, 5.74) is 2.56. The van der Waals surface area contributed by atoms with E-state index in [2.05, 4.69) is 10.2 Å². The Morgan fingerprint density at radius 3 is 2.19 bits per heavy atom. The number of morpholine rings is 1. The number of carbonyl (C=O) groups is 3. The molecule has 3 fully saturated rings.